The first-order chi connectivity index (χ1) is 8.76. The smallest absolute Gasteiger partial charge is 0.0111 e. The van der Waals surface area contributed by atoms with Crippen LogP contribution in [0.5, 0.6) is 0 Å². The molecule has 104 valence electrons. The van der Waals surface area contributed by atoms with Crippen molar-refractivity contribution < 1.29 is 0 Å². The Hall–Kier alpha value is -0.0800. The summed E-state index contributed by atoms with van der Waals surface area (Å²) in [4.78, 5) is 2.69. The molecule has 3 rings (SSSR count). The van der Waals surface area contributed by atoms with E-state index < -0.39 is 0 Å². The summed E-state index contributed by atoms with van der Waals surface area (Å²) in [5.41, 5.74) is 0. The quantitative estimate of drug-likeness (QED) is 0.825. The van der Waals surface area contributed by atoms with Crippen LogP contribution in [-0.2, 0) is 0 Å². The van der Waals surface area contributed by atoms with Gasteiger partial charge in [-0.05, 0) is 63.8 Å². The average molecular weight is 250 g/mol. The van der Waals surface area contributed by atoms with Crippen molar-refractivity contribution in [1.29, 1.82) is 0 Å². The van der Waals surface area contributed by atoms with Gasteiger partial charge in [-0.15, -0.1) is 0 Å². The van der Waals surface area contributed by atoms with Gasteiger partial charge >= 0.3 is 0 Å². The largest absolute Gasteiger partial charge is 0.311 e. The summed E-state index contributed by atoms with van der Waals surface area (Å²) in [6.45, 7) is 3.70. The molecule has 1 N–H and O–H groups in total. The Labute approximate surface area is 113 Å². The average Bonchev–Trinajstić information content (AvgIpc) is 3.01. The van der Waals surface area contributed by atoms with Crippen molar-refractivity contribution in [2.24, 2.45) is 11.8 Å². The fraction of sp³-hybridized carbons (Fsp3) is 1.00. The maximum atomic E-state index is 3.78. The Morgan fingerprint density at radius 2 is 1.83 bits per heavy atom. The van der Waals surface area contributed by atoms with E-state index in [4.69, 9.17) is 0 Å². The first kappa shape index (κ1) is 12.9. The predicted octanol–water partition coefficient (Wildman–Crippen LogP) is 3.03. The molecule has 2 heteroatoms. The molecule has 3 fully saturated rings. The van der Waals surface area contributed by atoms with Crippen molar-refractivity contribution in [3.63, 3.8) is 0 Å². The summed E-state index contributed by atoms with van der Waals surface area (Å²) in [6, 6.07) is 2.60. The van der Waals surface area contributed by atoms with Crippen LogP contribution < -0.4 is 5.32 Å². The zero-order valence-corrected chi connectivity index (χ0v) is 12.2. The van der Waals surface area contributed by atoms with E-state index in [9.17, 15) is 0 Å². The molecule has 2 heterocycles. The van der Waals surface area contributed by atoms with Gasteiger partial charge in [0.15, 0.2) is 0 Å². The van der Waals surface area contributed by atoms with Crippen molar-refractivity contribution in [2.75, 3.05) is 13.6 Å². The number of hydrogen-bond donors (Lipinski definition) is 1. The second kappa shape index (κ2) is 5.50. The number of nitrogens with zero attached hydrogens (tertiary/aromatic N) is 1. The standard InChI is InChI=1S/C16H30N2/c1-3-12-4-7-15(8-5-12)18(2)11-13-10-14-6-9-16(13)17-14/h12-17H,3-11H2,1-2H3. The van der Waals surface area contributed by atoms with Crippen LogP contribution in [0.1, 0.15) is 58.3 Å². The molecular weight excluding hydrogens is 220 g/mol. The van der Waals surface area contributed by atoms with Crippen molar-refractivity contribution in [2.45, 2.75) is 76.4 Å². The lowest BCUT2D eigenvalue weighted by Gasteiger charge is -2.36. The number of fused-ring (bicyclic) bond motifs is 2. The Morgan fingerprint density at radius 1 is 1.06 bits per heavy atom. The Bertz CT molecular complexity index is 270. The van der Waals surface area contributed by atoms with Gasteiger partial charge in [-0.1, -0.05) is 13.3 Å². The van der Waals surface area contributed by atoms with Gasteiger partial charge in [0.25, 0.3) is 0 Å². The molecule has 0 aromatic carbocycles. The van der Waals surface area contributed by atoms with Gasteiger partial charge in [0.05, 0.1) is 0 Å². The maximum absolute atomic E-state index is 3.78. The highest BCUT2D eigenvalue weighted by Crippen LogP contribution is 2.35. The monoisotopic (exact) mass is 250 g/mol. The van der Waals surface area contributed by atoms with Gasteiger partial charge in [-0.2, -0.15) is 0 Å². The van der Waals surface area contributed by atoms with Crippen LogP contribution in [-0.4, -0.2) is 36.6 Å². The summed E-state index contributed by atoms with van der Waals surface area (Å²) >= 11 is 0. The predicted molar refractivity (Wildman–Crippen MR) is 76.7 cm³/mol. The van der Waals surface area contributed by atoms with Crippen LogP contribution in [0.3, 0.4) is 0 Å². The maximum Gasteiger partial charge on any atom is 0.0111 e. The van der Waals surface area contributed by atoms with Crippen molar-refractivity contribution in [3.8, 4) is 0 Å². The molecule has 3 aliphatic rings. The summed E-state index contributed by atoms with van der Waals surface area (Å²) in [5, 5.41) is 3.78. The highest BCUT2D eigenvalue weighted by molar-refractivity contribution is 4.98. The minimum atomic E-state index is 0.851. The molecule has 2 saturated heterocycles. The SMILES string of the molecule is CCC1CCC(N(C)CC2CC3CCC2N3)CC1. The van der Waals surface area contributed by atoms with Gasteiger partial charge in [0.1, 0.15) is 0 Å². The molecule has 2 bridgehead atoms. The molecule has 0 amide bonds. The molecule has 3 unspecified atom stereocenters. The molecule has 0 spiro atoms. The van der Waals surface area contributed by atoms with E-state index in [2.05, 4.69) is 24.2 Å². The number of nitrogens with one attached hydrogen (secondary N) is 1. The van der Waals surface area contributed by atoms with Crippen LogP contribution in [0, 0.1) is 11.8 Å². The van der Waals surface area contributed by atoms with Crippen LogP contribution in [0.4, 0.5) is 0 Å². The van der Waals surface area contributed by atoms with Crippen LogP contribution >= 0.6 is 0 Å². The molecule has 0 aromatic heterocycles. The van der Waals surface area contributed by atoms with Crippen LogP contribution in [0.25, 0.3) is 0 Å². The van der Waals surface area contributed by atoms with E-state index >= 15 is 0 Å². The fourth-order valence-electron chi connectivity index (χ4n) is 4.65. The van der Waals surface area contributed by atoms with Crippen LogP contribution in [0.2, 0.25) is 0 Å². The van der Waals surface area contributed by atoms with E-state index in [1.54, 1.807) is 0 Å². The third kappa shape index (κ3) is 2.60. The third-order valence-corrected chi connectivity index (χ3v) is 5.97. The molecular formula is C16H30N2. The molecule has 2 aliphatic heterocycles. The van der Waals surface area contributed by atoms with E-state index in [0.29, 0.717) is 0 Å². The Balaban J connectivity index is 1.46. The highest BCUT2D eigenvalue weighted by Gasteiger charge is 2.39. The summed E-state index contributed by atoms with van der Waals surface area (Å²) in [7, 11) is 2.38. The van der Waals surface area contributed by atoms with Gasteiger partial charge < -0.3 is 10.2 Å². The molecule has 1 aliphatic carbocycles. The Kier molecular flexibility index (Phi) is 3.95. The van der Waals surface area contributed by atoms with E-state index in [0.717, 1.165) is 30.0 Å². The zero-order chi connectivity index (χ0) is 12.5. The normalized spacial score (nSPS) is 43.8. The van der Waals surface area contributed by atoms with Crippen molar-refractivity contribution in [1.82, 2.24) is 10.2 Å². The lowest BCUT2D eigenvalue weighted by Crippen LogP contribution is -2.40. The fourth-order valence-corrected chi connectivity index (χ4v) is 4.65. The summed E-state index contributed by atoms with van der Waals surface area (Å²) in [6.07, 6.45) is 11.6. The zero-order valence-electron chi connectivity index (χ0n) is 12.2. The van der Waals surface area contributed by atoms with Gasteiger partial charge in [-0.25, -0.2) is 0 Å². The minimum Gasteiger partial charge on any atom is -0.311 e. The molecule has 2 nitrogen and oxygen atoms in total. The lowest BCUT2D eigenvalue weighted by atomic mass is 9.83. The molecule has 0 radical (unpaired) electrons. The van der Waals surface area contributed by atoms with Gasteiger partial charge in [-0.3, -0.25) is 0 Å². The summed E-state index contributed by atoms with van der Waals surface area (Å²) in [5.74, 6) is 1.97. The van der Waals surface area contributed by atoms with Crippen molar-refractivity contribution >= 4 is 0 Å². The molecule has 3 atom stereocenters. The topological polar surface area (TPSA) is 15.3 Å². The molecule has 0 aromatic rings. The van der Waals surface area contributed by atoms with E-state index in [1.807, 2.05) is 0 Å². The minimum absolute atomic E-state index is 0.851. The second-order valence-electron chi connectivity index (χ2n) is 7.07. The molecule has 18 heavy (non-hydrogen) atoms. The molecule has 1 saturated carbocycles. The van der Waals surface area contributed by atoms with Gasteiger partial charge in [0, 0.05) is 24.7 Å². The first-order valence-electron chi connectivity index (χ1n) is 8.22. The number of hydrogen-bond acceptors (Lipinski definition) is 2. The lowest BCUT2D eigenvalue weighted by molar-refractivity contribution is 0.137. The Morgan fingerprint density at radius 3 is 2.39 bits per heavy atom. The number of rotatable bonds is 4. The summed E-state index contributed by atoms with van der Waals surface area (Å²) < 4.78 is 0. The van der Waals surface area contributed by atoms with E-state index in [1.165, 1.54) is 57.9 Å². The van der Waals surface area contributed by atoms with Crippen LogP contribution in [0.15, 0.2) is 0 Å². The van der Waals surface area contributed by atoms with E-state index in [-0.39, 0.29) is 0 Å². The highest BCUT2D eigenvalue weighted by atomic mass is 15.1. The first-order valence-corrected chi connectivity index (χ1v) is 8.22. The third-order valence-electron chi connectivity index (χ3n) is 5.97. The van der Waals surface area contributed by atoms with Gasteiger partial charge in [0.2, 0.25) is 0 Å². The second-order valence-corrected chi connectivity index (χ2v) is 7.07. The van der Waals surface area contributed by atoms with Crippen molar-refractivity contribution in [3.05, 3.63) is 0 Å².